The van der Waals surface area contributed by atoms with Gasteiger partial charge in [-0.15, -0.1) is 0 Å². The van der Waals surface area contributed by atoms with Crippen molar-refractivity contribution in [2.24, 2.45) is 0 Å². The van der Waals surface area contributed by atoms with Gasteiger partial charge in [-0.2, -0.15) is 5.26 Å². The quantitative estimate of drug-likeness (QED) is 0.586. The Labute approximate surface area is 152 Å². The van der Waals surface area contributed by atoms with Crippen LogP contribution in [0.4, 0.5) is 20.3 Å². The van der Waals surface area contributed by atoms with Crippen LogP contribution in [-0.4, -0.2) is 30.6 Å². The van der Waals surface area contributed by atoms with Gasteiger partial charge < -0.3 is 10.1 Å². The van der Waals surface area contributed by atoms with Crippen LogP contribution in [0, 0.1) is 29.9 Å². The van der Waals surface area contributed by atoms with Crippen LogP contribution < -0.4 is 10.8 Å². The topological polar surface area (TPSA) is 113 Å². The second kappa shape index (κ2) is 8.68. The third-order valence-electron chi connectivity index (χ3n) is 3.29. The van der Waals surface area contributed by atoms with E-state index in [0.29, 0.717) is 5.56 Å². The molecule has 0 spiro atoms. The second-order valence-corrected chi connectivity index (χ2v) is 5.23. The van der Waals surface area contributed by atoms with Gasteiger partial charge in [0.2, 0.25) is 0 Å². The van der Waals surface area contributed by atoms with Gasteiger partial charge in [0.1, 0.15) is 17.7 Å². The lowest BCUT2D eigenvalue weighted by Gasteiger charge is -2.13. The summed E-state index contributed by atoms with van der Waals surface area (Å²) in [6, 6.07) is 6.54. The van der Waals surface area contributed by atoms with Crippen LogP contribution in [0.3, 0.4) is 0 Å². The third kappa shape index (κ3) is 4.96. The standard InChI is InChI=1S/C17H14F2N4O4/c1-9-3-4-13(11(18)5-9)21-16-10(6-12(19)14(7-20)22-16)17(25)23-27-8-15(24)26-2/h3-6H,8H2,1-2H3,(H,21,22)(H,23,25). The highest BCUT2D eigenvalue weighted by atomic mass is 19.1. The molecule has 0 aliphatic carbocycles. The number of hydrogen-bond acceptors (Lipinski definition) is 7. The number of methoxy groups -OCH3 is 1. The van der Waals surface area contributed by atoms with Crippen molar-refractivity contribution in [1.29, 1.82) is 5.26 Å². The van der Waals surface area contributed by atoms with Gasteiger partial charge in [0, 0.05) is 0 Å². The molecule has 0 bridgehead atoms. The molecular weight excluding hydrogens is 362 g/mol. The highest BCUT2D eigenvalue weighted by Crippen LogP contribution is 2.24. The Hall–Kier alpha value is -3.58. The molecule has 0 radical (unpaired) electrons. The molecule has 140 valence electrons. The lowest BCUT2D eigenvalue weighted by molar-refractivity contribution is -0.147. The first-order valence-corrected chi connectivity index (χ1v) is 7.48. The Balaban J connectivity index is 2.32. The molecule has 0 saturated heterocycles. The number of amides is 1. The summed E-state index contributed by atoms with van der Waals surface area (Å²) in [5.41, 5.74) is 1.59. The molecule has 0 fully saturated rings. The summed E-state index contributed by atoms with van der Waals surface area (Å²) in [5, 5.41) is 11.5. The zero-order valence-corrected chi connectivity index (χ0v) is 14.3. The predicted octanol–water partition coefficient (Wildman–Crippen LogP) is 2.12. The number of carbonyl (C=O) groups is 2. The number of esters is 1. The van der Waals surface area contributed by atoms with Crippen LogP contribution in [0.5, 0.6) is 0 Å². The minimum absolute atomic E-state index is 0.0341. The minimum atomic E-state index is -1.05. The van der Waals surface area contributed by atoms with Crippen molar-refractivity contribution in [3.63, 3.8) is 0 Å². The number of nitrogens with zero attached hydrogens (tertiary/aromatic N) is 2. The van der Waals surface area contributed by atoms with Crippen molar-refractivity contribution >= 4 is 23.4 Å². The van der Waals surface area contributed by atoms with Gasteiger partial charge >= 0.3 is 5.97 Å². The van der Waals surface area contributed by atoms with E-state index in [1.54, 1.807) is 13.0 Å². The molecule has 0 unspecified atom stereocenters. The number of pyridine rings is 1. The summed E-state index contributed by atoms with van der Waals surface area (Å²) in [7, 11) is 1.13. The Bertz CT molecular complexity index is 928. The lowest BCUT2D eigenvalue weighted by atomic mass is 10.2. The van der Waals surface area contributed by atoms with Crippen LogP contribution in [0.2, 0.25) is 0 Å². The average Bonchev–Trinajstić information content (AvgIpc) is 2.64. The van der Waals surface area contributed by atoms with Gasteiger partial charge in [0.15, 0.2) is 18.1 Å². The maximum atomic E-state index is 14.1. The first kappa shape index (κ1) is 19.7. The van der Waals surface area contributed by atoms with E-state index in [4.69, 9.17) is 5.26 Å². The highest BCUT2D eigenvalue weighted by molar-refractivity contribution is 5.99. The van der Waals surface area contributed by atoms with Gasteiger partial charge in [0.25, 0.3) is 5.91 Å². The zero-order valence-electron chi connectivity index (χ0n) is 14.3. The van der Waals surface area contributed by atoms with Gasteiger partial charge in [-0.25, -0.2) is 24.0 Å². The van der Waals surface area contributed by atoms with E-state index in [1.165, 1.54) is 18.2 Å². The fourth-order valence-corrected chi connectivity index (χ4v) is 1.96. The number of halogens is 2. The molecule has 0 atom stereocenters. The summed E-state index contributed by atoms with van der Waals surface area (Å²) in [6.45, 7) is 1.11. The van der Waals surface area contributed by atoms with Gasteiger partial charge in [-0.1, -0.05) is 6.07 Å². The molecule has 1 aromatic heterocycles. The largest absolute Gasteiger partial charge is 0.467 e. The SMILES string of the molecule is COC(=O)CONC(=O)c1cc(F)c(C#N)nc1Nc1ccc(C)cc1F. The molecule has 2 N–H and O–H groups in total. The van der Waals surface area contributed by atoms with Crippen molar-refractivity contribution < 1.29 is 27.9 Å². The molecule has 2 aromatic rings. The smallest absolute Gasteiger partial charge is 0.334 e. The van der Waals surface area contributed by atoms with Crippen LogP contribution in [0.25, 0.3) is 0 Å². The number of ether oxygens (including phenoxy) is 1. The van der Waals surface area contributed by atoms with Gasteiger partial charge in [-0.05, 0) is 30.7 Å². The maximum absolute atomic E-state index is 14.1. The van der Waals surface area contributed by atoms with Gasteiger partial charge in [-0.3, -0.25) is 9.63 Å². The number of hydroxylamine groups is 1. The van der Waals surface area contributed by atoms with E-state index < -0.39 is 35.8 Å². The molecule has 1 heterocycles. The number of rotatable bonds is 6. The number of benzene rings is 1. The summed E-state index contributed by atoms with van der Waals surface area (Å²) in [5.74, 6) is -3.67. The normalized spacial score (nSPS) is 10.0. The van der Waals surface area contributed by atoms with Crippen molar-refractivity contribution in [1.82, 2.24) is 10.5 Å². The van der Waals surface area contributed by atoms with Crippen LogP contribution >= 0.6 is 0 Å². The zero-order chi connectivity index (χ0) is 20.0. The van der Waals surface area contributed by atoms with E-state index >= 15 is 0 Å². The van der Waals surface area contributed by atoms with E-state index in [0.717, 1.165) is 13.2 Å². The summed E-state index contributed by atoms with van der Waals surface area (Å²) < 4.78 is 32.3. The van der Waals surface area contributed by atoms with Crippen LogP contribution in [-0.2, 0) is 14.4 Å². The average molecular weight is 376 g/mol. The molecular formula is C17H14F2N4O4. The van der Waals surface area contributed by atoms with Crippen LogP contribution in [0.15, 0.2) is 24.3 Å². The Morgan fingerprint density at radius 3 is 2.63 bits per heavy atom. The van der Waals surface area contributed by atoms with E-state index in [9.17, 15) is 18.4 Å². The first-order valence-electron chi connectivity index (χ1n) is 7.48. The Kier molecular flexibility index (Phi) is 6.35. The van der Waals surface area contributed by atoms with Crippen molar-refractivity contribution in [2.75, 3.05) is 19.0 Å². The molecule has 0 saturated carbocycles. The number of nitriles is 1. The Morgan fingerprint density at radius 2 is 2.00 bits per heavy atom. The Morgan fingerprint density at radius 1 is 1.26 bits per heavy atom. The fourth-order valence-electron chi connectivity index (χ4n) is 1.96. The molecule has 0 aliphatic rings. The number of hydrogen-bond donors (Lipinski definition) is 2. The number of aryl methyl sites for hydroxylation is 1. The fraction of sp³-hybridized carbons (Fsp3) is 0.176. The minimum Gasteiger partial charge on any atom is -0.467 e. The molecule has 1 amide bonds. The van der Waals surface area contributed by atoms with Gasteiger partial charge in [0.05, 0.1) is 18.4 Å². The molecule has 1 aromatic carbocycles. The molecule has 27 heavy (non-hydrogen) atoms. The van der Waals surface area contributed by atoms with Crippen molar-refractivity contribution in [3.05, 3.63) is 52.7 Å². The molecule has 8 nitrogen and oxygen atoms in total. The number of carbonyl (C=O) groups excluding carboxylic acids is 2. The van der Waals surface area contributed by atoms with E-state index in [2.05, 4.69) is 19.9 Å². The summed E-state index contributed by atoms with van der Waals surface area (Å²) in [6.07, 6.45) is 0. The molecule has 10 heteroatoms. The summed E-state index contributed by atoms with van der Waals surface area (Å²) in [4.78, 5) is 31.5. The third-order valence-corrected chi connectivity index (χ3v) is 3.29. The summed E-state index contributed by atoms with van der Waals surface area (Å²) >= 11 is 0. The first-order chi connectivity index (χ1) is 12.8. The predicted molar refractivity (Wildman–Crippen MR) is 88.8 cm³/mol. The highest BCUT2D eigenvalue weighted by Gasteiger charge is 2.19. The monoisotopic (exact) mass is 376 g/mol. The van der Waals surface area contributed by atoms with E-state index in [1.807, 2.05) is 5.48 Å². The number of aromatic nitrogens is 1. The van der Waals surface area contributed by atoms with Crippen molar-refractivity contribution in [2.45, 2.75) is 6.92 Å². The van der Waals surface area contributed by atoms with Crippen molar-refractivity contribution in [3.8, 4) is 6.07 Å². The van der Waals surface area contributed by atoms with Crippen LogP contribution in [0.1, 0.15) is 21.6 Å². The molecule has 2 rings (SSSR count). The maximum Gasteiger partial charge on any atom is 0.334 e. The second-order valence-electron chi connectivity index (χ2n) is 5.23. The molecule has 0 aliphatic heterocycles. The lowest BCUT2D eigenvalue weighted by Crippen LogP contribution is -2.28. The number of anilines is 2. The van der Waals surface area contributed by atoms with E-state index in [-0.39, 0.29) is 17.1 Å². The number of nitrogens with one attached hydrogen (secondary N) is 2.